The number of nitrogen functional groups attached to an aromatic ring is 1. The van der Waals surface area contributed by atoms with Gasteiger partial charge in [-0.15, -0.1) is 0 Å². The fraction of sp³-hybridized carbons (Fsp3) is 0.318. The molecule has 2 aromatic rings. The number of aliphatic carboxylic acids is 1. The third-order valence-corrected chi connectivity index (χ3v) is 6.39. The molecule has 0 saturated carbocycles. The number of para-hydroxylation sites is 1. The monoisotopic (exact) mass is 460 g/mol. The fourth-order valence-corrected chi connectivity index (χ4v) is 4.37. The highest BCUT2D eigenvalue weighted by Crippen LogP contribution is 2.21. The number of carbonyl (C=O) groups excluding carboxylic acids is 1. The van der Waals surface area contributed by atoms with Crippen LogP contribution in [-0.4, -0.2) is 37.3 Å². The van der Waals surface area contributed by atoms with Crippen molar-refractivity contribution in [3.63, 3.8) is 0 Å². The van der Waals surface area contributed by atoms with Crippen molar-refractivity contribution in [2.75, 3.05) is 5.32 Å². The SMILES string of the molecule is C[C@H](NS(=O)(=O)c1ccccc1NC(=O)CCCCCc1ccc(C(=N)N)cc1)C(=O)O. The van der Waals surface area contributed by atoms with Gasteiger partial charge in [0.1, 0.15) is 16.8 Å². The molecule has 1 amide bonds. The van der Waals surface area contributed by atoms with Crippen molar-refractivity contribution in [1.82, 2.24) is 4.72 Å². The summed E-state index contributed by atoms with van der Waals surface area (Å²) in [6.07, 6.45) is 3.42. The van der Waals surface area contributed by atoms with Crippen molar-refractivity contribution >= 4 is 33.4 Å². The number of amidine groups is 1. The maximum absolute atomic E-state index is 12.5. The molecule has 0 aliphatic carbocycles. The maximum atomic E-state index is 12.5. The van der Waals surface area contributed by atoms with Crippen LogP contribution in [0.15, 0.2) is 53.4 Å². The first-order valence-electron chi connectivity index (χ1n) is 10.2. The quantitative estimate of drug-likeness (QED) is 0.186. The lowest BCUT2D eigenvalue weighted by molar-refractivity contribution is -0.138. The van der Waals surface area contributed by atoms with Crippen LogP contribution >= 0.6 is 0 Å². The van der Waals surface area contributed by atoms with Crippen molar-refractivity contribution in [3.8, 4) is 0 Å². The van der Waals surface area contributed by atoms with Gasteiger partial charge >= 0.3 is 5.97 Å². The van der Waals surface area contributed by atoms with Crippen LogP contribution in [0.5, 0.6) is 0 Å². The summed E-state index contributed by atoms with van der Waals surface area (Å²) in [6.45, 7) is 1.22. The van der Waals surface area contributed by atoms with Gasteiger partial charge in [0, 0.05) is 12.0 Å². The highest BCUT2D eigenvalue weighted by molar-refractivity contribution is 7.89. The van der Waals surface area contributed by atoms with Crippen molar-refractivity contribution in [3.05, 3.63) is 59.7 Å². The van der Waals surface area contributed by atoms with Crippen molar-refractivity contribution in [2.24, 2.45) is 5.73 Å². The zero-order valence-corrected chi connectivity index (χ0v) is 18.6. The van der Waals surface area contributed by atoms with Gasteiger partial charge in [-0.05, 0) is 43.9 Å². The Balaban J connectivity index is 1.84. The number of nitrogens with one attached hydrogen (secondary N) is 3. The molecule has 6 N–H and O–H groups in total. The first-order chi connectivity index (χ1) is 15.1. The molecule has 0 heterocycles. The predicted octanol–water partition coefficient (Wildman–Crippen LogP) is 2.46. The standard InChI is InChI=1S/C22H28N4O5S/c1-15(22(28)29)26-32(30,31)19-9-6-5-8-18(19)25-20(27)10-4-2-3-7-16-11-13-17(14-12-16)21(23)24/h5-6,8-9,11-15,26H,2-4,7,10H2,1H3,(H3,23,24)(H,25,27)(H,28,29)/t15-/m0/s1. The number of unbranched alkanes of at least 4 members (excludes halogenated alkanes) is 2. The van der Waals surface area contributed by atoms with E-state index in [-0.39, 0.29) is 28.7 Å². The van der Waals surface area contributed by atoms with Crippen LogP contribution in [0.2, 0.25) is 0 Å². The lowest BCUT2D eigenvalue weighted by atomic mass is 10.0. The number of anilines is 1. The second kappa shape index (κ2) is 11.4. The average molecular weight is 461 g/mol. The van der Waals surface area contributed by atoms with E-state index in [4.69, 9.17) is 16.2 Å². The normalized spacial score (nSPS) is 12.2. The Labute approximate surface area is 187 Å². The van der Waals surface area contributed by atoms with Crippen LogP contribution in [-0.2, 0) is 26.0 Å². The Hall–Kier alpha value is -3.24. The molecule has 0 spiro atoms. The summed E-state index contributed by atoms with van der Waals surface area (Å²) in [7, 11) is -4.12. The molecule has 1 atom stereocenters. The van der Waals surface area contributed by atoms with Crippen LogP contribution < -0.4 is 15.8 Å². The van der Waals surface area contributed by atoms with Crippen LogP contribution in [0, 0.1) is 5.41 Å². The van der Waals surface area contributed by atoms with Gasteiger partial charge in [0.05, 0.1) is 5.69 Å². The number of benzene rings is 2. The highest BCUT2D eigenvalue weighted by Gasteiger charge is 2.24. The molecule has 2 aromatic carbocycles. The van der Waals surface area contributed by atoms with Crippen LogP contribution in [0.1, 0.15) is 43.7 Å². The van der Waals surface area contributed by atoms with Gasteiger partial charge in [-0.1, -0.05) is 42.8 Å². The lowest BCUT2D eigenvalue weighted by Crippen LogP contribution is -2.38. The lowest BCUT2D eigenvalue weighted by Gasteiger charge is -2.14. The zero-order chi connectivity index (χ0) is 23.7. The van der Waals surface area contributed by atoms with E-state index in [2.05, 4.69) is 10.0 Å². The van der Waals surface area contributed by atoms with Crippen molar-refractivity contribution in [1.29, 1.82) is 5.41 Å². The number of carbonyl (C=O) groups is 2. The molecule has 0 aliphatic heterocycles. The van der Waals surface area contributed by atoms with E-state index in [1.54, 1.807) is 6.07 Å². The third kappa shape index (κ3) is 7.47. The summed E-state index contributed by atoms with van der Waals surface area (Å²) in [5.41, 5.74) is 7.35. The second-order valence-corrected chi connectivity index (χ2v) is 9.08. The second-order valence-electron chi connectivity index (χ2n) is 7.40. The number of aryl methyl sites for hydroxylation is 1. The highest BCUT2D eigenvalue weighted by atomic mass is 32.2. The minimum Gasteiger partial charge on any atom is -0.480 e. The van der Waals surface area contributed by atoms with E-state index >= 15 is 0 Å². The van der Waals surface area contributed by atoms with Gasteiger partial charge < -0.3 is 16.2 Å². The van der Waals surface area contributed by atoms with Gasteiger partial charge in [0.2, 0.25) is 15.9 Å². The van der Waals surface area contributed by atoms with Crippen molar-refractivity contribution < 1.29 is 23.1 Å². The number of carboxylic acid groups (broad SMARTS) is 1. The zero-order valence-electron chi connectivity index (χ0n) is 17.8. The van der Waals surface area contributed by atoms with E-state index in [9.17, 15) is 18.0 Å². The number of rotatable bonds is 12. The third-order valence-electron chi connectivity index (χ3n) is 4.79. The molecule has 0 saturated heterocycles. The first kappa shape index (κ1) is 25.0. The summed E-state index contributed by atoms with van der Waals surface area (Å²) in [6, 6.07) is 12.0. The summed E-state index contributed by atoms with van der Waals surface area (Å²) in [5.74, 6) is -1.58. The molecular formula is C22H28N4O5S. The molecule has 0 aromatic heterocycles. The number of sulfonamides is 1. The number of hydrogen-bond donors (Lipinski definition) is 5. The number of hydrogen-bond acceptors (Lipinski definition) is 5. The van der Waals surface area contributed by atoms with E-state index in [0.717, 1.165) is 24.8 Å². The maximum Gasteiger partial charge on any atom is 0.321 e. The van der Waals surface area contributed by atoms with Gasteiger partial charge in [-0.3, -0.25) is 15.0 Å². The van der Waals surface area contributed by atoms with Gasteiger partial charge in [0.25, 0.3) is 0 Å². The Morgan fingerprint density at radius 3 is 2.34 bits per heavy atom. The predicted molar refractivity (Wildman–Crippen MR) is 122 cm³/mol. The van der Waals surface area contributed by atoms with Gasteiger partial charge in [-0.25, -0.2) is 8.42 Å². The van der Waals surface area contributed by atoms with E-state index in [0.29, 0.717) is 12.0 Å². The Morgan fingerprint density at radius 2 is 1.72 bits per heavy atom. The average Bonchev–Trinajstić information content (AvgIpc) is 2.73. The molecular weight excluding hydrogens is 432 g/mol. The number of carboxylic acids is 1. The van der Waals surface area contributed by atoms with Crippen LogP contribution in [0.3, 0.4) is 0 Å². The van der Waals surface area contributed by atoms with E-state index in [1.807, 2.05) is 24.3 Å². The van der Waals surface area contributed by atoms with Gasteiger partial charge in [-0.2, -0.15) is 4.72 Å². The smallest absolute Gasteiger partial charge is 0.321 e. The number of nitrogens with two attached hydrogens (primary N) is 1. The molecule has 172 valence electrons. The summed E-state index contributed by atoms with van der Waals surface area (Å²) >= 11 is 0. The van der Waals surface area contributed by atoms with Gasteiger partial charge in [0.15, 0.2) is 0 Å². The van der Waals surface area contributed by atoms with Crippen LogP contribution in [0.25, 0.3) is 0 Å². The largest absolute Gasteiger partial charge is 0.480 e. The molecule has 0 unspecified atom stereocenters. The summed E-state index contributed by atoms with van der Waals surface area (Å²) in [5, 5.41) is 18.9. The Kier molecular flexibility index (Phi) is 8.91. The molecule has 0 radical (unpaired) electrons. The fourth-order valence-electron chi connectivity index (χ4n) is 3.01. The first-order valence-corrected chi connectivity index (χ1v) is 11.7. The van der Waals surface area contributed by atoms with Crippen molar-refractivity contribution in [2.45, 2.75) is 50.0 Å². The molecule has 9 nitrogen and oxygen atoms in total. The Morgan fingerprint density at radius 1 is 1.06 bits per heavy atom. The number of amides is 1. The molecule has 32 heavy (non-hydrogen) atoms. The Bertz CT molecular complexity index is 1070. The van der Waals surface area contributed by atoms with Crippen LogP contribution in [0.4, 0.5) is 5.69 Å². The molecule has 0 fully saturated rings. The van der Waals surface area contributed by atoms with E-state index in [1.165, 1.54) is 25.1 Å². The minimum absolute atomic E-state index is 0.0316. The molecule has 2 rings (SSSR count). The molecule has 0 aliphatic rings. The summed E-state index contributed by atoms with van der Waals surface area (Å²) in [4.78, 5) is 23.1. The topological polar surface area (TPSA) is 162 Å². The molecule has 10 heteroatoms. The van der Waals surface area contributed by atoms with E-state index < -0.39 is 22.0 Å². The summed E-state index contributed by atoms with van der Waals surface area (Å²) < 4.78 is 27.1. The minimum atomic E-state index is -4.12. The molecule has 0 bridgehead atoms.